The predicted molar refractivity (Wildman–Crippen MR) is 95.7 cm³/mol. The highest BCUT2D eigenvalue weighted by molar-refractivity contribution is 6.31. The molecule has 1 atom stereocenters. The predicted octanol–water partition coefficient (Wildman–Crippen LogP) is 3.55. The quantitative estimate of drug-likeness (QED) is 0.852. The maximum Gasteiger partial charge on any atom is 0.410 e. The smallest absolute Gasteiger partial charge is 0.410 e. The van der Waals surface area contributed by atoms with Gasteiger partial charge >= 0.3 is 6.09 Å². The van der Waals surface area contributed by atoms with Gasteiger partial charge < -0.3 is 9.72 Å². The zero-order valence-corrected chi connectivity index (χ0v) is 15.2. The number of likely N-dealkylation sites (tertiary alicyclic amines) is 1. The van der Waals surface area contributed by atoms with E-state index in [1.807, 2.05) is 0 Å². The summed E-state index contributed by atoms with van der Waals surface area (Å²) in [5.74, 6) is 0.0480. The van der Waals surface area contributed by atoms with Crippen LogP contribution >= 0.6 is 11.6 Å². The van der Waals surface area contributed by atoms with Gasteiger partial charge in [-0.05, 0) is 51.8 Å². The number of fused-ring (bicyclic) bond motifs is 1. The third-order valence-electron chi connectivity index (χ3n) is 3.87. The van der Waals surface area contributed by atoms with E-state index < -0.39 is 17.7 Å². The molecule has 1 saturated heterocycles. The van der Waals surface area contributed by atoms with E-state index >= 15 is 0 Å². The Morgan fingerprint density at radius 2 is 2.16 bits per heavy atom. The number of hydrogen-bond donors (Lipinski definition) is 2. The zero-order valence-electron chi connectivity index (χ0n) is 14.4. The van der Waals surface area contributed by atoms with Crippen molar-refractivity contribution >= 4 is 40.6 Å². The minimum absolute atomic E-state index is 0.284. The number of carbonyl (C=O) groups excluding carboxylic acids is 2. The third kappa shape index (κ3) is 4.04. The highest BCUT2D eigenvalue weighted by Gasteiger charge is 2.36. The van der Waals surface area contributed by atoms with Gasteiger partial charge in [0.2, 0.25) is 11.9 Å². The monoisotopic (exact) mass is 364 g/mol. The average molecular weight is 365 g/mol. The molecule has 7 nitrogen and oxygen atoms in total. The van der Waals surface area contributed by atoms with E-state index in [0.717, 1.165) is 11.9 Å². The minimum Gasteiger partial charge on any atom is -0.444 e. The number of ether oxygens (including phenoxy) is 1. The van der Waals surface area contributed by atoms with Crippen LogP contribution in [0.15, 0.2) is 18.2 Å². The Labute approximate surface area is 150 Å². The molecule has 2 aromatic rings. The van der Waals surface area contributed by atoms with Crippen LogP contribution in [0.1, 0.15) is 33.6 Å². The number of imidazole rings is 1. The van der Waals surface area contributed by atoms with Crippen molar-refractivity contribution in [2.24, 2.45) is 0 Å². The van der Waals surface area contributed by atoms with Crippen LogP contribution in [0.2, 0.25) is 5.02 Å². The molecule has 1 aromatic carbocycles. The maximum atomic E-state index is 12.6. The zero-order chi connectivity index (χ0) is 18.2. The number of aromatic amines is 1. The number of hydrogen-bond acceptors (Lipinski definition) is 4. The second kappa shape index (κ2) is 6.55. The van der Waals surface area contributed by atoms with Gasteiger partial charge in [0.1, 0.15) is 11.6 Å². The van der Waals surface area contributed by atoms with E-state index in [0.29, 0.717) is 29.5 Å². The van der Waals surface area contributed by atoms with Gasteiger partial charge in [-0.15, -0.1) is 0 Å². The molecule has 0 aliphatic carbocycles. The Balaban J connectivity index is 1.71. The van der Waals surface area contributed by atoms with E-state index in [1.54, 1.807) is 39.0 Å². The average Bonchev–Trinajstić information content (AvgIpc) is 3.10. The molecule has 0 spiro atoms. The van der Waals surface area contributed by atoms with Gasteiger partial charge in [-0.25, -0.2) is 9.78 Å². The summed E-state index contributed by atoms with van der Waals surface area (Å²) in [6.07, 6.45) is 0.881. The van der Waals surface area contributed by atoms with Crippen molar-refractivity contribution in [1.82, 2.24) is 14.9 Å². The van der Waals surface area contributed by atoms with Crippen molar-refractivity contribution in [3.05, 3.63) is 23.2 Å². The fourth-order valence-electron chi connectivity index (χ4n) is 2.82. The van der Waals surface area contributed by atoms with E-state index in [4.69, 9.17) is 16.3 Å². The van der Waals surface area contributed by atoms with Gasteiger partial charge in [0.15, 0.2) is 0 Å². The van der Waals surface area contributed by atoms with Crippen LogP contribution in [0.25, 0.3) is 11.0 Å². The van der Waals surface area contributed by atoms with Crippen molar-refractivity contribution in [2.45, 2.75) is 45.3 Å². The molecule has 3 rings (SSSR count). The van der Waals surface area contributed by atoms with Crippen LogP contribution in [0, 0.1) is 0 Å². The van der Waals surface area contributed by atoms with Crippen LogP contribution < -0.4 is 5.32 Å². The van der Waals surface area contributed by atoms with Crippen LogP contribution in [0.3, 0.4) is 0 Å². The molecule has 25 heavy (non-hydrogen) atoms. The number of aromatic nitrogens is 2. The van der Waals surface area contributed by atoms with E-state index in [1.165, 1.54) is 4.90 Å². The number of amides is 2. The van der Waals surface area contributed by atoms with Crippen LogP contribution in [-0.2, 0) is 9.53 Å². The lowest BCUT2D eigenvalue weighted by atomic mass is 10.2. The standard InChI is InChI=1S/C17H21ClN4O3/c1-17(2,3)25-16(24)22-8-4-5-13(22)14(23)21-15-19-11-7-6-10(18)9-12(11)20-15/h6-7,9,13H,4-5,8H2,1-3H3,(H2,19,20,21,23). The molecule has 2 heterocycles. The summed E-state index contributed by atoms with van der Waals surface area (Å²) < 4.78 is 5.38. The Hall–Kier alpha value is -2.28. The maximum absolute atomic E-state index is 12.6. The van der Waals surface area contributed by atoms with Gasteiger partial charge in [0.05, 0.1) is 11.0 Å². The second-order valence-corrected chi connectivity index (χ2v) is 7.50. The molecule has 2 N–H and O–H groups in total. The first-order chi connectivity index (χ1) is 11.7. The molecule has 1 aliphatic rings. The van der Waals surface area contributed by atoms with Gasteiger partial charge in [0, 0.05) is 11.6 Å². The first-order valence-corrected chi connectivity index (χ1v) is 8.56. The highest BCUT2D eigenvalue weighted by atomic mass is 35.5. The van der Waals surface area contributed by atoms with Crippen LogP contribution in [0.4, 0.5) is 10.7 Å². The van der Waals surface area contributed by atoms with E-state index in [-0.39, 0.29) is 5.91 Å². The van der Waals surface area contributed by atoms with Crippen LogP contribution in [-0.4, -0.2) is 45.1 Å². The minimum atomic E-state index is -0.599. The Morgan fingerprint density at radius 3 is 2.88 bits per heavy atom. The summed E-state index contributed by atoms with van der Waals surface area (Å²) in [7, 11) is 0. The summed E-state index contributed by atoms with van der Waals surface area (Å²) in [4.78, 5) is 33.7. The molecule has 134 valence electrons. The van der Waals surface area contributed by atoms with Crippen molar-refractivity contribution in [2.75, 3.05) is 11.9 Å². The Kier molecular flexibility index (Phi) is 4.60. The summed E-state index contributed by atoms with van der Waals surface area (Å²) in [6, 6.07) is 4.69. The molecule has 1 aliphatic heterocycles. The summed E-state index contributed by atoms with van der Waals surface area (Å²) >= 11 is 5.94. The number of anilines is 1. The number of benzene rings is 1. The Bertz CT molecular complexity index is 812. The molecular formula is C17H21ClN4O3. The molecule has 1 aromatic heterocycles. The van der Waals surface area contributed by atoms with Gasteiger partial charge in [-0.3, -0.25) is 15.0 Å². The first kappa shape index (κ1) is 17.5. The van der Waals surface area contributed by atoms with Gasteiger partial charge in [-0.2, -0.15) is 0 Å². The molecular weight excluding hydrogens is 344 g/mol. The van der Waals surface area contributed by atoms with E-state index in [9.17, 15) is 9.59 Å². The molecule has 0 radical (unpaired) electrons. The normalized spacial score (nSPS) is 17.8. The molecule has 2 amide bonds. The molecule has 8 heteroatoms. The van der Waals surface area contributed by atoms with Crippen LogP contribution in [0.5, 0.6) is 0 Å². The largest absolute Gasteiger partial charge is 0.444 e. The molecule has 0 saturated carbocycles. The molecule has 1 fully saturated rings. The number of rotatable bonds is 2. The van der Waals surface area contributed by atoms with E-state index in [2.05, 4.69) is 15.3 Å². The van der Waals surface area contributed by atoms with Crippen molar-refractivity contribution in [3.8, 4) is 0 Å². The third-order valence-corrected chi connectivity index (χ3v) is 4.11. The highest BCUT2D eigenvalue weighted by Crippen LogP contribution is 2.23. The first-order valence-electron chi connectivity index (χ1n) is 8.19. The number of nitrogens with zero attached hydrogens (tertiary/aromatic N) is 2. The lowest BCUT2D eigenvalue weighted by molar-refractivity contribution is -0.120. The fraction of sp³-hybridized carbons (Fsp3) is 0.471. The number of carbonyl (C=O) groups is 2. The van der Waals surface area contributed by atoms with Crippen molar-refractivity contribution in [1.29, 1.82) is 0 Å². The Morgan fingerprint density at radius 1 is 1.40 bits per heavy atom. The fourth-order valence-corrected chi connectivity index (χ4v) is 2.98. The topological polar surface area (TPSA) is 87.3 Å². The lowest BCUT2D eigenvalue weighted by Crippen LogP contribution is -2.45. The summed E-state index contributed by atoms with van der Waals surface area (Å²) in [5, 5.41) is 3.32. The SMILES string of the molecule is CC(C)(C)OC(=O)N1CCCC1C(=O)Nc1nc2cc(Cl)ccc2[nH]1. The molecule has 0 bridgehead atoms. The summed E-state index contributed by atoms with van der Waals surface area (Å²) in [6.45, 7) is 5.91. The van der Waals surface area contributed by atoms with Gasteiger partial charge in [0.25, 0.3) is 0 Å². The lowest BCUT2D eigenvalue weighted by Gasteiger charge is -2.27. The molecule has 1 unspecified atom stereocenters. The summed E-state index contributed by atoms with van der Waals surface area (Å²) in [5.41, 5.74) is 0.840. The van der Waals surface area contributed by atoms with Gasteiger partial charge in [-0.1, -0.05) is 11.6 Å². The number of nitrogens with one attached hydrogen (secondary N) is 2. The van der Waals surface area contributed by atoms with Crippen molar-refractivity contribution < 1.29 is 14.3 Å². The van der Waals surface area contributed by atoms with Crippen molar-refractivity contribution in [3.63, 3.8) is 0 Å². The number of halogens is 1. The number of H-pyrrole nitrogens is 1. The second-order valence-electron chi connectivity index (χ2n) is 7.07.